The van der Waals surface area contributed by atoms with E-state index in [1.165, 1.54) is 30.1 Å². The van der Waals surface area contributed by atoms with Crippen LogP contribution < -0.4 is 5.73 Å². The van der Waals surface area contributed by atoms with E-state index in [-0.39, 0.29) is 10.6 Å². The highest BCUT2D eigenvalue weighted by Crippen LogP contribution is 2.17. The first-order valence-corrected chi connectivity index (χ1v) is 7.50. The maximum atomic E-state index is 13.5. The molecule has 0 radical (unpaired) electrons. The van der Waals surface area contributed by atoms with Crippen LogP contribution in [0.2, 0.25) is 5.02 Å². The number of nitrogens with zero attached hydrogens (tertiary/aromatic N) is 2. The van der Waals surface area contributed by atoms with Gasteiger partial charge in [-0.25, -0.2) is 4.39 Å². The monoisotopic (exact) mass is 321 g/mol. The molecule has 0 amide bonds. The average Bonchev–Trinajstić information content (AvgIpc) is 2.49. The Balaban J connectivity index is 1.95. The molecule has 0 fully saturated rings. The summed E-state index contributed by atoms with van der Waals surface area (Å²) in [6, 6.07) is 14.3. The van der Waals surface area contributed by atoms with Gasteiger partial charge in [-0.05, 0) is 17.7 Å². The zero-order valence-electron chi connectivity index (χ0n) is 11.0. The summed E-state index contributed by atoms with van der Waals surface area (Å²) in [5, 5.41) is 8.18. The van der Waals surface area contributed by atoms with Crippen LogP contribution in [-0.2, 0) is 5.75 Å². The molecule has 0 aliphatic carbocycles. The molecule has 2 N–H and O–H groups in total. The summed E-state index contributed by atoms with van der Waals surface area (Å²) in [5.41, 5.74) is 7.07. The van der Waals surface area contributed by atoms with Crippen molar-refractivity contribution >= 4 is 34.7 Å². The van der Waals surface area contributed by atoms with Crippen molar-refractivity contribution in [3.05, 3.63) is 70.5 Å². The summed E-state index contributed by atoms with van der Waals surface area (Å²) < 4.78 is 13.5. The second-order valence-electron chi connectivity index (χ2n) is 4.09. The lowest BCUT2D eigenvalue weighted by Gasteiger charge is -2.00. The third-order valence-electron chi connectivity index (χ3n) is 2.57. The van der Waals surface area contributed by atoms with E-state index in [2.05, 4.69) is 10.2 Å². The molecular weight excluding hydrogens is 309 g/mol. The van der Waals surface area contributed by atoms with Gasteiger partial charge in [0, 0.05) is 11.3 Å². The van der Waals surface area contributed by atoms with Crippen LogP contribution in [0.3, 0.4) is 0 Å². The van der Waals surface area contributed by atoms with Gasteiger partial charge >= 0.3 is 0 Å². The van der Waals surface area contributed by atoms with Crippen LogP contribution in [0.25, 0.3) is 0 Å². The molecule has 6 heteroatoms. The number of rotatable bonds is 4. The SMILES string of the molecule is NC(=NN=Cc1c(F)cccc1Cl)SCc1ccccc1. The molecular formula is C15H13ClFN3S. The number of thioether (sulfide) groups is 1. The minimum atomic E-state index is -0.447. The van der Waals surface area contributed by atoms with Gasteiger partial charge in [-0.3, -0.25) is 0 Å². The van der Waals surface area contributed by atoms with Gasteiger partial charge < -0.3 is 5.73 Å². The third kappa shape index (κ3) is 4.88. The molecule has 0 unspecified atom stereocenters. The first-order valence-electron chi connectivity index (χ1n) is 6.14. The Kier molecular flexibility index (Phi) is 5.78. The van der Waals surface area contributed by atoms with E-state index in [1.807, 2.05) is 30.3 Å². The van der Waals surface area contributed by atoms with E-state index in [4.69, 9.17) is 17.3 Å². The van der Waals surface area contributed by atoms with Gasteiger partial charge in [0.2, 0.25) is 0 Å². The van der Waals surface area contributed by atoms with Gasteiger partial charge in [0.25, 0.3) is 0 Å². The van der Waals surface area contributed by atoms with Crippen LogP contribution in [0.1, 0.15) is 11.1 Å². The van der Waals surface area contributed by atoms with Crippen molar-refractivity contribution in [2.24, 2.45) is 15.9 Å². The highest BCUT2D eigenvalue weighted by atomic mass is 35.5. The number of hydrogen-bond donors (Lipinski definition) is 1. The molecule has 108 valence electrons. The normalized spacial score (nSPS) is 12.0. The van der Waals surface area contributed by atoms with Crippen LogP contribution in [0.4, 0.5) is 4.39 Å². The Morgan fingerprint density at radius 3 is 2.67 bits per heavy atom. The summed E-state index contributed by atoms with van der Waals surface area (Å²) in [6.07, 6.45) is 1.26. The van der Waals surface area contributed by atoms with Crippen molar-refractivity contribution < 1.29 is 4.39 Å². The zero-order chi connectivity index (χ0) is 15.1. The zero-order valence-corrected chi connectivity index (χ0v) is 12.6. The molecule has 21 heavy (non-hydrogen) atoms. The summed E-state index contributed by atoms with van der Waals surface area (Å²) >= 11 is 7.23. The lowest BCUT2D eigenvalue weighted by Crippen LogP contribution is -2.06. The maximum absolute atomic E-state index is 13.5. The molecule has 0 heterocycles. The maximum Gasteiger partial charge on any atom is 0.180 e. The van der Waals surface area contributed by atoms with Crippen LogP contribution in [0.5, 0.6) is 0 Å². The number of nitrogens with two attached hydrogens (primary N) is 1. The molecule has 0 aliphatic rings. The van der Waals surface area contributed by atoms with Gasteiger partial charge in [-0.2, -0.15) is 5.10 Å². The fraction of sp³-hybridized carbons (Fsp3) is 0.0667. The number of amidine groups is 1. The second kappa shape index (κ2) is 7.81. The summed E-state index contributed by atoms with van der Waals surface area (Å²) in [7, 11) is 0. The lowest BCUT2D eigenvalue weighted by atomic mass is 10.2. The highest BCUT2D eigenvalue weighted by Gasteiger charge is 2.03. The lowest BCUT2D eigenvalue weighted by molar-refractivity contribution is 0.626. The Morgan fingerprint density at radius 1 is 1.19 bits per heavy atom. The quantitative estimate of drug-likeness (QED) is 0.524. The van der Waals surface area contributed by atoms with Crippen molar-refractivity contribution in [2.45, 2.75) is 5.75 Å². The van der Waals surface area contributed by atoms with Gasteiger partial charge in [0.1, 0.15) is 5.82 Å². The Bertz CT molecular complexity index is 639. The molecule has 0 saturated heterocycles. The van der Waals surface area contributed by atoms with Gasteiger partial charge in [-0.15, -0.1) is 5.10 Å². The van der Waals surface area contributed by atoms with Crippen LogP contribution in [0, 0.1) is 5.82 Å². The van der Waals surface area contributed by atoms with Crippen LogP contribution in [-0.4, -0.2) is 11.4 Å². The smallest absolute Gasteiger partial charge is 0.180 e. The van der Waals surface area contributed by atoms with Crippen molar-refractivity contribution in [3.8, 4) is 0 Å². The van der Waals surface area contributed by atoms with E-state index in [9.17, 15) is 4.39 Å². The van der Waals surface area contributed by atoms with Gasteiger partial charge in [0.15, 0.2) is 5.17 Å². The number of benzene rings is 2. The van der Waals surface area contributed by atoms with Crippen LogP contribution in [0.15, 0.2) is 58.7 Å². The topological polar surface area (TPSA) is 50.7 Å². The minimum Gasteiger partial charge on any atom is -0.377 e. The van der Waals surface area contributed by atoms with E-state index in [1.54, 1.807) is 6.07 Å². The molecule has 0 aromatic heterocycles. The molecule has 3 nitrogen and oxygen atoms in total. The Hall–Kier alpha value is -1.85. The van der Waals surface area contributed by atoms with Crippen molar-refractivity contribution in [1.82, 2.24) is 0 Å². The number of halogens is 2. The van der Waals surface area contributed by atoms with Crippen molar-refractivity contribution in [3.63, 3.8) is 0 Å². The minimum absolute atomic E-state index is 0.198. The standard InChI is InChI=1S/C15H13ClFN3S/c16-13-7-4-8-14(17)12(13)9-19-20-15(18)21-10-11-5-2-1-3-6-11/h1-9H,10H2,(H2,18,20). The van der Waals surface area contributed by atoms with Gasteiger partial charge in [0.05, 0.1) is 11.2 Å². The predicted molar refractivity (Wildman–Crippen MR) is 88.4 cm³/mol. The predicted octanol–water partition coefficient (Wildman–Crippen LogP) is 4.06. The third-order valence-corrected chi connectivity index (χ3v) is 3.76. The fourth-order valence-corrected chi connectivity index (χ4v) is 2.36. The summed E-state index contributed by atoms with van der Waals surface area (Å²) in [6.45, 7) is 0. The van der Waals surface area contributed by atoms with Crippen molar-refractivity contribution in [1.29, 1.82) is 0 Å². The average molecular weight is 322 g/mol. The molecule has 0 saturated carbocycles. The molecule has 0 bridgehead atoms. The first kappa shape index (κ1) is 15.5. The number of hydrogen-bond acceptors (Lipinski definition) is 3. The van der Waals surface area contributed by atoms with Crippen LogP contribution >= 0.6 is 23.4 Å². The Labute approximate surface area is 131 Å². The van der Waals surface area contributed by atoms with E-state index in [0.717, 1.165) is 5.56 Å². The highest BCUT2D eigenvalue weighted by molar-refractivity contribution is 8.13. The second-order valence-corrected chi connectivity index (χ2v) is 5.50. The van der Waals surface area contributed by atoms with Gasteiger partial charge in [-0.1, -0.05) is 59.8 Å². The Morgan fingerprint density at radius 2 is 1.95 bits per heavy atom. The fourth-order valence-electron chi connectivity index (χ4n) is 1.54. The van der Waals surface area contributed by atoms with E-state index < -0.39 is 5.82 Å². The summed E-state index contributed by atoms with van der Waals surface area (Å²) in [4.78, 5) is 0. The summed E-state index contributed by atoms with van der Waals surface area (Å²) in [5.74, 6) is 0.253. The molecule has 0 spiro atoms. The van der Waals surface area contributed by atoms with E-state index in [0.29, 0.717) is 10.9 Å². The largest absolute Gasteiger partial charge is 0.377 e. The first-order chi connectivity index (χ1) is 10.2. The van der Waals surface area contributed by atoms with E-state index >= 15 is 0 Å². The molecule has 2 rings (SSSR count). The molecule has 0 aliphatic heterocycles. The molecule has 2 aromatic rings. The van der Waals surface area contributed by atoms with Crippen molar-refractivity contribution in [2.75, 3.05) is 0 Å². The molecule has 2 aromatic carbocycles. The molecule has 0 atom stereocenters.